The van der Waals surface area contributed by atoms with E-state index in [1.165, 1.54) is 18.2 Å². The molecule has 0 bridgehead atoms. The van der Waals surface area contributed by atoms with E-state index in [1.54, 1.807) is 0 Å². The van der Waals surface area contributed by atoms with Gasteiger partial charge in [-0.3, -0.25) is 10.1 Å². The minimum absolute atomic E-state index is 0.191. The van der Waals surface area contributed by atoms with Crippen molar-refractivity contribution in [1.82, 2.24) is 0 Å². The monoisotopic (exact) mass is 283 g/mol. The molecule has 0 aliphatic heterocycles. The van der Waals surface area contributed by atoms with Gasteiger partial charge in [-0.15, -0.1) is 0 Å². The van der Waals surface area contributed by atoms with Crippen LogP contribution in [0, 0.1) is 21.4 Å². The third-order valence-corrected chi connectivity index (χ3v) is 3.04. The van der Waals surface area contributed by atoms with Crippen molar-refractivity contribution < 1.29 is 10.0 Å². The van der Waals surface area contributed by atoms with E-state index in [0.29, 0.717) is 0 Å². The Morgan fingerprint density at radius 2 is 2.00 bits per heavy atom. The van der Waals surface area contributed by atoms with Crippen LogP contribution < -0.4 is 5.32 Å². The van der Waals surface area contributed by atoms with Crippen molar-refractivity contribution in [2.45, 2.75) is 6.04 Å². The number of nitro groups is 1. The van der Waals surface area contributed by atoms with E-state index < -0.39 is 11.0 Å². The maximum atomic E-state index is 11.1. The van der Waals surface area contributed by atoms with Crippen LogP contribution in [0.1, 0.15) is 17.2 Å². The Labute approximate surface area is 121 Å². The highest BCUT2D eigenvalue weighted by atomic mass is 16.6. The Morgan fingerprint density at radius 3 is 2.57 bits per heavy atom. The Bertz CT molecular complexity index is 680. The summed E-state index contributed by atoms with van der Waals surface area (Å²) in [6, 6.07) is 14.7. The van der Waals surface area contributed by atoms with Crippen LogP contribution >= 0.6 is 0 Å². The van der Waals surface area contributed by atoms with Gasteiger partial charge in [-0.05, 0) is 17.7 Å². The van der Waals surface area contributed by atoms with Crippen LogP contribution in [-0.4, -0.2) is 16.6 Å². The topological polar surface area (TPSA) is 99.2 Å². The molecule has 0 unspecified atom stereocenters. The molecule has 2 N–H and O–H groups in total. The first kappa shape index (κ1) is 14.5. The summed E-state index contributed by atoms with van der Waals surface area (Å²) in [6.07, 6.45) is 0. The highest BCUT2D eigenvalue weighted by molar-refractivity contribution is 5.64. The molecule has 2 aromatic carbocycles. The summed E-state index contributed by atoms with van der Waals surface area (Å²) in [5, 5.41) is 32.3. The zero-order valence-electron chi connectivity index (χ0n) is 11.1. The number of hydrogen-bond acceptors (Lipinski definition) is 5. The number of rotatable bonds is 5. The van der Waals surface area contributed by atoms with Gasteiger partial charge in [-0.25, -0.2) is 0 Å². The average molecular weight is 283 g/mol. The van der Waals surface area contributed by atoms with Gasteiger partial charge in [0.15, 0.2) is 0 Å². The number of benzene rings is 2. The van der Waals surface area contributed by atoms with Crippen LogP contribution in [0.5, 0.6) is 0 Å². The lowest BCUT2D eigenvalue weighted by molar-refractivity contribution is -0.384. The molecule has 2 rings (SSSR count). The van der Waals surface area contributed by atoms with Crippen LogP contribution in [0.3, 0.4) is 0 Å². The summed E-state index contributed by atoms with van der Waals surface area (Å²) in [4.78, 5) is 10.5. The molecule has 21 heavy (non-hydrogen) atoms. The number of nitro benzene ring substituents is 1. The van der Waals surface area contributed by atoms with Gasteiger partial charge >= 0.3 is 0 Å². The van der Waals surface area contributed by atoms with Gasteiger partial charge in [0, 0.05) is 6.07 Å². The Balaban J connectivity index is 2.34. The lowest BCUT2D eigenvalue weighted by Crippen LogP contribution is -2.15. The van der Waals surface area contributed by atoms with E-state index in [1.807, 2.05) is 36.4 Å². The molecule has 0 spiro atoms. The predicted molar refractivity (Wildman–Crippen MR) is 77.7 cm³/mol. The number of nitrogens with zero attached hydrogens (tertiary/aromatic N) is 2. The molecule has 6 heteroatoms. The Hall–Kier alpha value is -2.91. The Kier molecular flexibility index (Phi) is 4.49. The van der Waals surface area contributed by atoms with Crippen molar-refractivity contribution in [3.8, 4) is 6.07 Å². The largest absolute Gasteiger partial charge is 0.394 e. The molecule has 6 nitrogen and oxygen atoms in total. The van der Waals surface area contributed by atoms with Crippen LogP contribution in [0.25, 0.3) is 0 Å². The van der Waals surface area contributed by atoms with Gasteiger partial charge in [0.05, 0.1) is 29.2 Å². The number of aliphatic hydroxyl groups excluding tert-OH is 1. The lowest BCUT2D eigenvalue weighted by atomic mass is 10.1. The van der Waals surface area contributed by atoms with Crippen LogP contribution in [0.2, 0.25) is 0 Å². The number of nitrogens with one attached hydrogen (secondary N) is 1. The molecular formula is C15H13N3O3. The van der Waals surface area contributed by atoms with Crippen molar-refractivity contribution >= 4 is 11.4 Å². The minimum Gasteiger partial charge on any atom is -0.394 e. The van der Waals surface area contributed by atoms with Crippen molar-refractivity contribution in [3.63, 3.8) is 0 Å². The fourth-order valence-corrected chi connectivity index (χ4v) is 1.98. The molecule has 0 heterocycles. The molecule has 0 saturated heterocycles. The van der Waals surface area contributed by atoms with Gasteiger partial charge in [0.25, 0.3) is 5.69 Å². The molecule has 0 amide bonds. The van der Waals surface area contributed by atoms with Gasteiger partial charge in [-0.2, -0.15) is 5.26 Å². The molecule has 0 aromatic heterocycles. The highest BCUT2D eigenvalue weighted by Gasteiger charge is 2.18. The first-order chi connectivity index (χ1) is 10.2. The fraction of sp³-hybridized carbons (Fsp3) is 0.133. The van der Waals surface area contributed by atoms with Crippen molar-refractivity contribution in [2.75, 3.05) is 11.9 Å². The average Bonchev–Trinajstić information content (AvgIpc) is 2.53. The SMILES string of the molecule is N#Cc1ccc(N[C@H](CO)c2ccccc2)c([N+](=O)[O-])c1. The molecular weight excluding hydrogens is 270 g/mol. The second-order valence-electron chi connectivity index (χ2n) is 4.39. The molecule has 1 atom stereocenters. The summed E-state index contributed by atoms with van der Waals surface area (Å²) in [5.74, 6) is 0. The minimum atomic E-state index is -0.553. The number of aliphatic hydroxyl groups is 1. The van der Waals surface area contributed by atoms with E-state index in [0.717, 1.165) is 5.56 Å². The standard InChI is InChI=1S/C15H13N3O3/c16-9-11-6-7-13(15(8-11)18(20)21)17-14(10-19)12-4-2-1-3-5-12/h1-8,14,17,19H,10H2/t14-/m1/s1. The van der Waals surface area contributed by atoms with E-state index in [4.69, 9.17) is 5.26 Å². The van der Waals surface area contributed by atoms with E-state index >= 15 is 0 Å². The van der Waals surface area contributed by atoms with E-state index in [2.05, 4.69) is 5.32 Å². The molecule has 0 radical (unpaired) electrons. The number of nitriles is 1. The smallest absolute Gasteiger partial charge is 0.293 e. The third kappa shape index (κ3) is 3.35. The fourth-order valence-electron chi connectivity index (χ4n) is 1.98. The zero-order valence-corrected chi connectivity index (χ0v) is 11.1. The van der Waals surface area contributed by atoms with Crippen LogP contribution in [0.15, 0.2) is 48.5 Å². The zero-order chi connectivity index (χ0) is 15.2. The lowest BCUT2D eigenvalue weighted by Gasteiger charge is -2.18. The maximum Gasteiger partial charge on any atom is 0.293 e. The molecule has 0 fully saturated rings. The predicted octanol–water partition coefficient (Wildman–Crippen LogP) is 2.61. The maximum absolute atomic E-state index is 11.1. The first-order valence-corrected chi connectivity index (χ1v) is 6.26. The van der Waals surface area contributed by atoms with Gasteiger partial charge in [0.2, 0.25) is 0 Å². The van der Waals surface area contributed by atoms with Crippen molar-refractivity contribution in [3.05, 3.63) is 69.8 Å². The summed E-state index contributed by atoms with van der Waals surface area (Å²) in [6.45, 7) is -0.207. The second-order valence-corrected chi connectivity index (χ2v) is 4.39. The van der Waals surface area contributed by atoms with E-state index in [9.17, 15) is 15.2 Å². The number of hydrogen-bond donors (Lipinski definition) is 2. The summed E-state index contributed by atoms with van der Waals surface area (Å²) >= 11 is 0. The highest BCUT2D eigenvalue weighted by Crippen LogP contribution is 2.29. The quantitative estimate of drug-likeness (QED) is 0.649. The van der Waals surface area contributed by atoms with Crippen LogP contribution in [0.4, 0.5) is 11.4 Å². The van der Waals surface area contributed by atoms with E-state index in [-0.39, 0.29) is 23.5 Å². The second kappa shape index (κ2) is 6.50. The summed E-state index contributed by atoms with van der Waals surface area (Å²) in [7, 11) is 0. The van der Waals surface area contributed by atoms with Crippen LogP contribution in [-0.2, 0) is 0 Å². The van der Waals surface area contributed by atoms with Gasteiger partial charge < -0.3 is 10.4 Å². The van der Waals surface area contributed by atoms with Crippen molar-refractivity contribution in [1.29, 1.82) is 5.26 Å². The first-order valence-electron chi connectivity index (χ1n) is 6.26. The molecule has 0 saturated carbocycles. The van der Waals surface area contributed by atoms with Gasteiger partial charge in [-0.1, -0.05) is 30.3 Å². The Morgan fingerprint density at radius 1 is 1.29 bits per heavy atom. The summed E-state index contributed by atoms with van der Waals surface area (Å²) < 4.78 is 0. The molecule has 0 aliphatic carbocycles. The third-order valence-electron chi connectivity index (χ3n) is 3.04. The molecule has 106 valence electrons. The summed E-state index contributed by atoms with van der Waals surface area (Å²) in [5.41, 5.74) is 1.11. The van der Waals surface area contributed by atoms with Gasteiger partial charge in [0.1, 0.15) is 5.69 Å². The molecule has 2 aromatic rings. The number of anilines is 1. The normalized spacial score (nSPS) is 11.4. The molecule has 0 aliphatic rings. The van der Waals surface area contributed by atoms with Crippen molar-refractivity contribution in [2.24, 2.45) is 0 Å².